The molecule has 32 heavy (non-hydrogen) atoms. The van der Waals surface area contributed by atoms with Crippen molar-refractivity contribution in [1.82, 2.24) is 20.0 Å². The van der Waals surface area contributed by atoms with Gasteiger partial charge in [-0.1, -0.05) is 35.5 Å². The number of phenolic OH excluding ortho intramolecular Hbond substituents is 1. The maximum absolute atomic E-state index is 12.5. The summed E-state index contributed by atoms with van der Waals surface area (Å²) in [6.07, 6.45) is 2.15. The first-order valence-electron chi connectivity index (χ1n) is 9.43. The van der Waals surface area contributed by atoms with Gasteiger partial charge < -0.3 is 14.3 Å². The lowest BCUT2D eigenvalue weighted by atomic mass is 10.2. The number of aldehydes is 1. The fourth-order valence-corrected chi connectivity index (χ4v) is 3.97. The molecule has 0 atom stereocenters. The van der Waals surface area contributed by atoms with Crippen LogP contribution in [0.4, 0.5) is 0 Å². The Kier molecular flexibility index (Phi) is 4.96. The molecule has 3 heterocycles. The molecule has 10 heteroatoms. The van der Waals surface area contributed by atoms with Crippen molar-refractivity contribution in [3.8, 4) is 27.9 Å². The Bertz CT molecular complexity index is 1490. The highest BCUT2D eigenvalue weighted by Gasteiger charge is 2.17. The van der Waals surface area contributed by atoms with Crippen LogP contribution >= 0.6 is 11.3 Å². The van der Waals surface area contributed by atoms with Gasteiger partial charge in [-0.05, 0) is 18.2 Å². The molecular formula is C22H14N4O5S. The number of phenols is 1. The summed E-state index contributed by atoms with van der Waals surface area (Å²) in [4.78, 5) is 28.8. The van der Waals surface area contributed by atoms with E-state index in [1.165, 1.54) is 34.3 Å². The van der Waals surface area contributed by atoms with Crippen molar-refractivity contribution < 1.29 is 19.1 Å². The van der Waals surface area contributed by atoms with Crippen LogP contribution in [0.1, 0.15) is 15.4 Å². The number of hydrogen-bond donors (Lipinski definition) is 1. The molecule has 158 valence electrons. The number of nitrogens with zero attached hydrogens (tertiary/aromatic N) is 4. The van der Waals surface area contributed by atoms with Crippen LogP contribution in [0.3, 0.4) is 0 Å². The Morgan fingerprint density at radius 1 is 1.16 bits per heavy atom. The van der Waals surface area contributed by atoms with E-state index in [1.807, 2.05) is 30.3 Å². The van der Waals surface area contributed by atoms with E-state index in [0.717, 1.165) is 5.56 Å². The van der Waals surface area contributed by atoms with E-state index in [2.05, 4.69) is 15.3 Å². The molecule has 0 radical (unpaired) electrons. The molecule has 0 bridgehead atoms. The second-order valence-electron chi connectivity index (χ2n) is 6.74. The summed E-state index contributed by atoms with van der Waals surface area (Å²) >= 11 is 1.23. The van der Waals surface area contributed by atoms with E-state index in [9.17, 15) is 14.7 Å². The third-order valence-electron chi connectivity index (χ3n) is 4.65. The molecule has 0 unspecified atom stereocenters. The third-order valence-corrected chi connectivity index (χ3v) is 5.67. The standard InChI is InChI=1S/C22H14N4O5S/c27-11-19-20(24-21(32-19)13-4-2-1-3-5-13)30-12-15-10-23-25-26(15)17-8-14-6-7-16(28)9-18(14)31-22(17)29/h1-11,28H,12H2. The molecule has 0 fully saturated rings. The van der Waals surface area contributed by atoms with E-state index < -0.39 is 5.63 Å². The summed E-state index contributed by atoms with van der Waals surface area (Å²) in [5.41, 5.74) is 1.08. The number of fused-ring (bicyclic) bond motifs is 1. The minimum absolute atomic E-state index is 0.00707. The first-order chi connectivity index (χ1) is 15.6. The normalized spacial score (nSPS) is 11.0. The fourth-order valence-electron chi connectivity index (χ4n) is 3.14. The summed E-state index contributed by atoms with van der Waals surface area (Å²) in [6, 6.07) is 15.5. The van der Waals surface area contributed by atoms with Gasteiger partial charge in [0.05, 0.1) is 6.20 Å². The SMILES string of the molecule is O=Cc1sc(-c2ccccc2)nc1OCc1cnnn1-c1cc2ccc(O)cc2oc1=O. The number of hydrogen-bond acceptors (Lipinski definition) is 9. The summed E-state index contributed by atoms with van der Waals surface area (Å²) in [5, 5.41) is 18.7. The van der Waals surface area contributed by atoms with Gasteiger partial charge in [0, 0.05) is 17.0 Å². The number of rotatable bonds is 6. The minimum Gasteiger partial charge on any atom is -0.508 e. The number of carbonyl (C=O) groups is 1. The Labute approximate surface area is 184 Å². The van der Waals surface area contributed by atoms with Gasteiger partial charge in [0.2, 0.25) is 5.88 Å². The molecule has 0 saturated carbocycles. The molecule has 1 N–H and O–H groups in total. The first-order valence-corrected chi connectivity index (χ1v) is 10.2. The van der Waals surface area contributed by atoms with Gasteiger partial charge >= 0.3 is 5.63 Å². The van der Waals surface area contributed by atoms with Crippen molar-refractivity contribution >= 4 is 28.6 Å². The van der Waals surface area contributed by atoms with Gasteiger partial charge in [0.1, 0.15) is 33.5 Å². The van der Waals surface area contributed by atoms with Crippen molar-refractivity contribution in [3.63, 3.8) is 0 Å². The number of benzene rings is 2. The molecule has 3 aromatic heterocycles. The van der Waals surface area contributed by atoms with Crippen molar-refractivity contribution in [3.05, 3.63) is 81.8 Å². The van der Waals surface area contributed by atoms with Gasteiger partial charge in [-0.25, -0.2) is 14.5 Å². The molecule has 0 aliphatic rings. The largest absolute Gasteiger partial charge is 0.508 e. The molecule has 0 aliphatic heterocycles. The maximum atomic E-state index is 12.5. The Balaban J connectivity index is 1.44. The maximum Gasteiger partial charge on any atom is 0.362 e. The van der Waals surface area contributed by atoms with Crippen LogP contribution in [-0.4, -0.2) is 31.4 Å². The zero-order valence-electron chi connectivity index (χ0n) is 16.3. The Morgan fingerprint density at radius 2 is 2.00 bits per heavy atom. The van der Waals surface area contributed by atoms with Crippen molar-refractivity contribution in [2.24, 2.45) is 0 Å². The van der Waals surface area contributed by atoms with Crippen molar-refractivity contribution in [2.45, 2.75) is 6.61 Å². The van der Waals surface area contributed by atoms with E-state index in [1.54, 1.807) is 12.1 Å². The van der Waals surface area contributed by atoms with Crippen LogP contribution in [0, 0.1) is 0 Å². The van der Waals surface area contributed by atoms with E-state index in [4.69, 9.17) is 9.15 Å². The monoisotopic (exact) mass is 446 g/mol. The number of aromatic hydroxyl groups is 1. The molecule has 0 aliphatic carbocycles. The quantitative estimate of drug-likeness (QED) is 0.310. The highest BCUT2D eigenvalue weighted by atomic mass is 32.1. The van der Waals surface area contributed by atoms with Gasteiger partial charge in [-0.3, -0.25) is 4.79 Å². The highest BCUT2D eigenvalue weighted by molar-refractivity contribution is 7.16. The zero-order chi connectivity index (χ0) is 22.1. The van der Waals surface area contributed by atoms with Gasteiger partial charge in [-0.2, -0.15) is 0 Å². The molecule has 0 amide bonds. The predicted molar refractivity (Wildman–Crippen MR) is 116 cm³/mol. The second kappa shape index (κ2) is 8.08. The van der Waals surface area contributed by atoms with Crippen molar-refractivity contribution in [2.75, 3.05) is 0 Å². The molecule has 9 nitrogen and oxygen atoms in total. The topological polar surface area (TPSA) is 120 Å². The summed E-state index contributed by atoms with van der Waals surface area (Å²) < 4.78 is 12.4. The Hall–Kier alpha value is -4.31. The zero-order valence-corrected chi connectivity index (χ0v) is 17.2. The van der Waals surface area contributed by atoms with Crippen LogP contribution in [-0.2, 0) is 6.61 Å². The smallest absolute Gasteiger partial charge is 0.362 e. The second-order valence-corrected chi connectivity index (χ2v) is 7.77. The van der Waals surface area contributed by atoms with E-state index in [0.29, 0.717) is 27.3 Å². The van der Waals surface area contributed by atoms with Crippen LogP contribution < -0.4 is 10.4 Å². The van der Waals surface area contributed by atoms with Crippen LogP contribution in [0.25, 0.3) is 27.2 Å². The summed E-state index contributed by atoms with van der Waals surface area (Å²) in [5.74, 6) is 0.185. The van der Waals surface area contributed by atoms with Crippen molar-refractivity contribution in [1.29, 1.82) is 0 Å². The van der Waals surface area contributed by atoms with E-state index in [-0.39, 0.29) is 29.5 Å². The lowest BCUT2D eigenvalue weighted by Gasteiger charge is -2.07. The predicted octanol–water partition coefficient (Wildman–Crippen LogP) is 3.59. The van der Waals surface area contributed by atoms with Gasteiger partial charge in [-0.15, -0.1) is 16.4 Å². The first kappa shape index (κ1) is 19.6. The summed E-state index contributed by atoms with van der Waals surface area (Å²) in [7, 11) is 0. The fraction of sp³-hybridized carbons (Fsp3) is 0.0455. The highest BCUT2D eigenvalue weighted by Crippen LogP contribution is 2.31. The van der Waals surface area contributed by atoms with Crippen LogP contribution in [0.5, 0.6) is 11.6 Å². The summed E-state index contributed by atoms with van der Waals surface area (Å²) in [6.45, 7) is -0.0289. The minimum atomic E-state index is -0.650. The molecule has 5 aromatic rings. The lowest BCUT2D eigenvalue weighted by Crippen LogP contribution is -2.15. The van der Waals surface area contributed by atoms with Crippen LogP contribution in [0.2, 0.25) is 0 Å². The van der Waals surface area contributed by atoms with E-state index >= 15 is 0 Å². The molecule has 5 rings (SSSR count). The molecule has 0 saturated heterocycles. The van der Waals surface area contributed by atoms with Crippen LogP contribution in [0.15, 0.2) is 70.0 Å². The average molecular weight is 446 g/mol. The molecule has 0 spiro atoms. The molecule has 2 aromatic carbocycles. The Morgan fingerprint density at radius 3 is 2.81 bits per heavy atom. The lowest BCUT2D eigenvalue weighted by molar-refractivity contribution is 0.112. The van der Waals surface area contributed by atoms with Gasteiger partial charge in [0.25, 0.3) is 0 Å². The number of thiazole rings is 1. The third kappa shape index (κ3) is 3.63. The number of carbonyl (C=O) groups excluding carboxylic acids is 1. The molecular weight excluding hydrogens is 432 g/mol. The average Bonchev–Trinajstić information content (AvgIpc) is 3.44. The number of ether oxygens (including phenoxy) is 1. The number of aromatic nitrogens is 4. The van der Waals surface area contributed by atoms with Gasteiger partial charge in [0.15, 0.2) is 12.0 Å².